The van der Waals surface area contributed by atoms with E-state index in [9.17, 15) is 8.78 Å². The van der Waals surface area contributed by atoms with E-state index in [0.717, 1.165) is 12.1 Å². The molecule has 0 amide bonds. The van der Waals surface area contributed by atoms with Gasteiger partial charge < -0.3 is 15.5 Å². The van der Waals surface area contributed by atoms with Gasteiger partial charge in [-0.25, -0.2) is 8.78 Å². The van der Waals surface area contributed by atoms with Crippen LogP contribution >= 0.6 is 0 Å². The molecule has 0 saturated carbocycles. The molecule has 1 rings (SSSR count). The lowest BCUT2D eigenvalue weighted by molar-refractivity contribution is 0.251. The van der Waals surface area contributed by atoms with Gasteiger partial charge in [0, 0.05) is 12.6 Å². The maximum absolute atomic E-state index is 12.9. The fourth-order valence-electron chi connectivity index (χ4n) is 1.08. The van der Waals surface area contributed by atoms with Crippen molar-refractivity contribution in [2.45, 2.75) is 19.5 Å². The van der Waals surface area contributed by atoms with Crippen LogP contribution < -0.4 is 5.32 Å². The molecule has 1 unspecified atom stereocenters. The van der Waals surface area contributed by atoms with E-state index in [1.807, 2.05) is 0 Å². The molecule has 1 aromatic rings. The van der Waals surface area contributed by atoms with Crippen molar-refractivity contribution in [3.8, 4) is 5.75 Å². The highest BCUT2D eigenvalue weighted by Crippen LogP contribution is 2.21. The second-order valence-corrected chi connectivity index (χ2v) is 3.37. The van der Waals surface area contributed by atoms with Crippen molar-refractivity contribution in [2.75, 3.05) is 6.61 Å². The number of rotatable bonds is 4. The van der Waals surface area contributed by atoms with Gasteiger partial charge in [0.15, 0.2) is 17.4 Å². The first-order valence-corrected chi connectivity index (χ1v) is 4.55. The minimum absolute atomic E-state index is 0.0525. The van der Waals surface area contributed by atoms with E-state index in [-0.39, 0.29) is 19.2 Å². The topological polar surface area (TPSA) is 52.5 Å². The Balaban J connectivity index is 2.70. The molecule has 0 aromatic heterocycles. The molecule has 84 valence electrons. The Morgan fingerprint density at radius 2 is 1.87 bits per heavy atom. The molecule has 0 aliphatic carbocycles. The van der Waals surface area contributed by atoms with Crippen LogP contribution in [0.25, 0.3) is 0 Å². The molecule has 0 radical (unpaired) electrons. The van der Waals surface area contributed by atoms with Crippen LogP contribution in [-0.2, 0) is 6.54 Å². The van der Waals surface area contributed by atoms with Gasteiger partial charge in [-0.1, -0.05) is 0 Å². The van der Waals surface area contributed by atoms with Crippen LogP contribution in [0.15, 0.2) is 12.1 Å². The average molecular weight is 217 g/mol. The lowest BCUT2D eigenvalue weighted by atomic mass is 10.2. The molecular weight excluding hydrogens is 204 g/mol. The number of nitrogens with one attached hydrogen (secondary N) is 1. The second-order valence-electron chi connectivity index (χ2n) is 3.37. The quantitative estimate of drug-likeness (QED) is 0.709. The van der Waals surface area contributed by atoms with Gasteiger partial charge in [0.05, 0.1) is 6.61 Å². The number of aliphatic hydroxyl groups is 1. The molecular formula is C10H13F2NO2. The number of hydrogen-bond acceptors (Lipinski definition) is 3. The lowest BCUT2D eigenvalue weighted by Crippen LogP contribution is -2.28. The molecule has 0 bridgehead atoms. The van der Waals surface area contributed by atoms with Crippen molar-refractivity contribution < 1.29 is 19.0 Å². The zero-order valence-corrected chi connectivity index (χ0v) is 8.30. The predicted molar refractivity (Wildman–Crippen MR) is 51.4 cm³/mol. The maximum Gasteiger partial charge on any atom is 0.187 e. The summed E-state index contributed by atoms with van der Waals surface area (Å²) in [5, 5.41) is 20.4. The van der Waals surface area contributed by atoms with Crippen LogP contribution in [0.4, 0.5) is 8.78 Å². The summed E-state index contributed by atoms with van der Waals surface area (Å²) in [5.41, 5.74) is 0.378. The summed E-state index contributed by atoms with van der Waals surface area (Å²) in [6, 6.07) is 1.95. The third kappa shape index (κ3) is 3.14. The van der Waals surface area contributed by atoms with E-state index in [4.69, 9.17) is 10.2 Å². The molecule has 0 saturated heterocycles. The smallest absolute Gasteiger partial charge is 0.187 e. The average Bonchev–Trinajstić information content (AvgIpc) is 2.22. The highest BCUT2D eigenvalue weighted by molar-refractivity contribution is 5.29. The van der Waals surface area contributed by atoms with Crippen LogP contribution in [0.2, 0.25) is 0 Å². The first-order valence-electron chi connectivity index (χ1n) is 4.55. The van der Waals surface area contributed by atoms with Crippen molar-refractivity contribution in [1.29, 1.82) is 0 Å². The Labute approximate surface area is 86.4 Å². The van der Waals surface area contributed by atoms with Crippen LogP contribution in [0.3, 0.4) is 0 Å². The Kier molecular flexibility index (Phi) is 3.99. The van der Waals surface area contributed by atoms with Crippen LogP contribution in [0, 0.1) is 11.6 Å². The lowest BCUT2D eigenvalue weighted by Gasteiger charge is -2.10. The Hall–Kier alpha value is -1.20. The number of aliphatic hydroxyl groups excluding tert-OH is 1. The largest absolute Gasteiger partial charge is 0.503 e. The molecule has 0 fully saturated rings. The van der Waals surface area contributed by atoms with Gasteiger partial charge in [0.25, 0.3) is 0 Å². The Morgan fingerprint density at radius 3 is 2.33 bits per heavy atom. The summed E-state index contributed by atoms with van der Waals surface area (Å²) < 4.78 is 25.8. The van der Waals surface area contributed by atoms with Gasteiger partial charge in [-0.05, 0) is 24.6 Å². The van der Waals surface area contributed by atoms with Gasteiger partial charge >= 0.3 is 0 Å². The summed E-state index contributed by atoms with van der Waals surface area (Å²) in [5.74, 6) is -2.93. The molecule has 15 heavy (non-hydrogen) atoms. The van der Waals surface area contributed by atoms with E-state index in [1.165, 1.54) is 0 Å². The van der Waals surface area contributed by atoms with E-state index in [2.05, 4.69) is 5.32 Å². The second kappa shape index (κ2) is 5.04. The van der Waals surface area contributed by atoms with Gasteiger partial charge in [-0.2, -0.15) is 0 Å². The molecule has 1 atom stereocenters. The zero-order valence-electron chi connectivity index (χ0n) is 8.30. The van der Waals surface area contributed by atoms with Crippen LogP contribution in [-0.4, -0.2) is 22.9 Å². The molecule has 0 aliphatic heterocycles. The van der Waals surface area contributed by atoms with Gasteiger partial charge in [-0.15, -0.1) is 0 Å². The van der Waals surface area contributed by atoms with Gasteiger partial charge in [0.2, 0.25) is 0 Å². The standard InChI is InChI=1S/C10H13F2NO2/c1-6(5-14)13-4-7-2-8(11)10(15)9(12)3-7/h2-3,6,13-15H,4-5H2,1H3. The zero-order chi connectivity index (χ0) is 11.4. The molecule has 3 N–H and O–H groups in total. The highest BCUT2D eigenvalue weighted by atomic mass is 19.1. The number of hydrogen-bond donors (Lipinski definition) is 3. The Morgan fingerprint density at radius 1 is 1.33 bits per heavy atom. The number of halogens is 2. The molecule has 0 aliphatic rings. The molecule has 5 heteroatoms. The Bertz CT molecular complexity index is 321. The van der Waals surface area contributed by atoms with E-state index >= 15 is 0 Å². The minimum atomic E-state index is -0.983. The summed E-state index contributed by atoms with van der Waals surface area (Å²) in [4.78, 5) is 0. The number of benzene rings is 1. The SMILES string of the molecule is CC(CO)NCc1cc(F)c(O)c(F)c1. The molecule has 3 nitrogen and oxygen atoms in total. The summed E-state index contributed by atoms with van der Waals surface area (Å²) in [6.07, 6.45) is 0. The minimum Gasteiger partial charge on any atom is -0.503 e. The molecule has 0 spiro atoms. The maximum atomic E-state index is 12.9. The predicted octanol–water partition coefficient (Wildman–Crippen LogP) is 1.14. The first-order chi connectivity index (χ1) is 7.04. The third-order valence-electron chi connectivity index (χ3n) is 2.01. The first kappa shape index (κ1) is 11.9. The number of aromatic hydroxyl groups is 1. The molecule has 0 heterocycles. The van der Waals surface area contributed by atoms with Crippen molar-refractivity contribution in [3.63, 3.8) is 0 Å². The van der Waals surface area contributed by atoms with E-state index < -0.39 is 17.4 Å². The van der Waals surface area contributed by atoms with Crippen molar-refractivity contribution >= 4 is 0 Å². The van der Waals surface area contributed by atoms with Gasteiger partial charge in [0.1, 0.15) is 0 Å². The van der Waals surface area contributed by atoms with Crippen molar-refractivity contribution in [2.24, 2.45) is 0 Å². The number of phenolic OH excluding ortho intramolecular Hbond substituents is 1. The highest BCUT2D eigenvalue weighted by Gasteiger charge is 2.09. The fourth-order valence-corrected chi connectivity index (χ4v) is 1.08. The van der Waals surface area contributed by atoms with E-state index in [1.54, 1.807) is 6.92 Å². The van der Waals surface area contributed by atoms with Crippen molar-refractivity contribution in [1.82, 2.24) is 5.32 Å². The normalized spacial score (nSPS) is 12.8. The van der Waals surface area contributed by atoms with E-state index in [0.29, 0.717) is 5.56 Å². The number of phenols is 1. The molecule has 1 aromatic carbocycles. The third-order valence-corrected chi connectivity index (χ3v) is 2.01. The van der Waals surface area contributed by atoms with Gasteiger partial charge in [-0.3, -0.25) is 0 Å². The summed E-state index contributed by atoms with van der Waals surface area (Å²) in [6.45, 7) is 1.92. The van der Waals surface area contributed by atoms with Crippen molar-refractivity contribution in [3.05, 3.63) is 29.3 Å². The summed E-state index contributed by atoms with van der Waals surface area (Å²) >= 11 is 0. The van der Waals surface area contributed by atoms with Crippen LogP contribution in [0.1, 0.15) is 12.5 Å². The van der Waals surface area contributed by atoms with Crippen LogP contribution in [0.5, 0.6) is 5.75 Å². The summed E-state index contributed by atoms with van der Waals surface area (Å²) in [7, 11) is 0. The monoisotopic (exact) mass is 217 g/mol. The fraction of sp³-hybridized carbons (Fsp3) is 0.400.